The van der Waals surface area contributed by atoms with Crippen molar-refractivity contribution in [1.82, 2.24) is 5.32 Å². The fourth-order valence-electron chi connectivity index (χ4n) is 3.46. The summed E-state index contributed by atoms with van der Waals surface area (Å²) in [7, 11) is 0. The summed E-state index contributed by atoms with van der Waals surface area (Å²) < 4.78 is 71.7. The van der Waals surface area contributed by atoms with Crippen molar-refractivity contribution in [2.45, 2.75) is 31.0 Å². The Labute approximate surface area is 158 Å². The highest BCUT2D eigenvalue weighted by Crippen LogP contribution is 2.36. The second-order valence-electron chi connectivity index (χ2n) is 6.69. The second-order valence-corrected chi connectivity index (χ2v) is 6.69. The first-order valence-electron chi connectivity index (χ1n) is 8.70. The molecule has 8 heteroatoms. The number of carbonyl (C=O) groups is 1. The SMILES string of the molecule is O=C(NCc1ccc(F)cc1C(F)(F)F)C1(c2cccc(F)c2)CCOCC1. The van der Waals surface area contributed by atoms with Crippen molar-refractivity contribution in [2.75, 3.05) is 13.2 Å². The first-order valence-corrected chi connectivity index (χ1v) is 8.70. The molecule has 1 amide bonds. The summed E-state index contributed by atoms with van der Waals surface area (Å²) in [6.45, 7) is 0.119. The second kappa shape index (κ2) is 7.87. The summed E-state index contributed by atoms with van der Waals surface area (Å²) in [5, 5.41) is 2.52. The Morgan fingerprint density at radius 3 is 2.36 bits per heavy atom. The van der Waals surface area contributed by atoms with Gasteiger partial charge in [0.2, 0.25) is 5.91 Å². The third kappa shape index (κ3) is 4.16. The van der Waals surface area contributed by atoms with E-state index in [1.165, 1.54) is 18.2 Å². The van der Waals surface area contributed by atoms with Crippen molar-refractivity contribution >= 4 is 5.91 Å². The average Bonchev–Trinajstić information content (AvgIpc) is 2.66. The fourth-order valence-corrected chi connectivity index (χ4v) is 3.46. The number of ether oxygens (including phenoxy) is 1. The van der Waals surface area contributed by atoms with E-state index in [4.69, 9.17) is 4.74 Å². The lowest BCUT2D eigenvalue weighted by atomic mass is 9.73. The molecule has 0 aromatic heterocycles. The van der Waals surface area contributed by atoms with Crippen molar-refractivity contribution in [1.29, 1.82) is 0 Å². The molecule has 0 saturated carbocycles. The molecule has 1 heterocycles. The van der Waals surface area contributed by atoms with Gasteiger partial charge in [0.1, 0.15) is 11.6 Å². The monoisotopic (exact) mass is 399 g/mol. The largest absolute Gasteiger partial charge is 0.416 e. The molecule has 0 spiro atoms. The molecule has 0 bridgehead atoms. The van der Waals surface area contributed by atoms with Crippen molar-refractivity contribution in [2.24, 2.45) is 0 Å². The van der Waals surface area contributed by atoms with Crippen molar-refractivity contribution in [3.8, 4) is 0 Å². The van der Waals surface area contributed by atoms with Crippen LogP contribution >= 0.6 is 0 Å². The molecule has 1 aliphatic rings. The zero-order valence-corrected chi connectivity index (χ0v) is 14.8. The molecule has 1 fully saturated rings. The molecule has 0 aliphatic carbocycles. The number of hydrogen-bond donors (Lipinski definition) is 1. The van der Waals surface area contributed by atoms with E-state index in [9.17, 15) is 26.7 Å². The number of halogens is 5. The van der Waals surface area contributed by atoms with Gasteiger partial charge in [0, 0.05) is 19.8 Å². The smallest absolute Gasteiger partial charge is 0.381 e. The van der Waals surface area contributed by atoms with Crippen molar-refractivity contribution in [3.05, 3.63) is 70.8 Å². The Hall–Kier alpha value is -2.48. The minimum absolute atomic E-state index is 0.247. The topological polar surface area (TPSA) is 38.3 Å². The zero-order valence-electron chi connectivity index (χ0n) is 14.8. The van der Waals surface area contributed by atoms with Gasteiger partial charge in [-0.05, 0) is 48.2 Å². The van der Waals surface area contributed by atoms with E-state index in [2.05, 4.69) is 5.32 Å². The summed E-state index contributed by atoms with van der Waals surface area (Å²) in [6, 6.07) is 7.92. The number of hydrogen-bond acceptors (Lipinski definition) is 2. The van der Waals surface area contributed by atoms with E-state index in [-0.39, 0.29) is 31.6 Å². The van der Waals surface area contributed by atoms with Crippen LogP contribution in [-0.2, 0) is 27.7 Å². The van der Waals surface area contributed by atoms with Gasteiger partial charge in [0.25, 0.3) is 0 Å². The van der Waals surface area contributed by atoms with Crippen LogP contribution in [0.1, 0.15) is 29.5 Å². The third-order valence-corrected chi connectivity index (χ3v) is 4.97. The molecule has 150 valence electrons. The molecule has 3 rings (SSSR count). The lowest BCUT2D eigenvalue weighted by molar-refractivity contribution is -0.139. The van der Waals surface area contributed by atoms with Crippen LogP contribution in [0.5, 0.6) is 0 Å². The number of rotatable bonds is 4. The van der Waals surface area contributed by atoms with E-state index in [1.54, 1.807) is 6.07 Å². The predicted octanol–water partition coefficient (Wildman–Crippen LogP) is 4.35. The molecule has 28 heavy (non-hydrogen) atoms. The minimum atomic E-state index is -4.75. The minimum Gasteiger partial charge on any atom is -0.381 e. The van der Waals surface area contributed by atoms with Crippen LogP contribution in [0.2, 0.25) is 0 Å². The quantitative estimate of drug-likeness (QED) is 0.777. The highest BCUT2D eigenvalue weighted by atomic mass is 19.4. The third-order valence-electron chi connectivity index (χ3n) is 4.97. The molecule has 3 nitrogen and oxygen atoms in total. The van der Waals surface area contributed by atoms with Crippen molar-refractivity contribution in [3.63, 3.8) is 0 Å². The van der Waals surface area contributed by atoms with Gasteiger partial charge in [-0.25, -0.2) is 8.78 Å². The lowest BCUT2D eigenvalue weighted by Crippen LogP contribution is -2.48. The van der Waals surface area contributed by atoms with Crippen LogP contribution in [-0.4, -0.2) is 19.1 Å². The van der Waals surface area contributed by atoms with E-state index < -0.39 is 41.2 Å². The zero-order chi connectivity index (χ0) is 20.4. The van der Waals surface area contributed by atoms with Gasteiger partial charge in [-0.1, -0.05) is 18.2 Å². The Balaban J connectivity index is 1.86. The van der Waals surface area contributed by atoms with E-state index in [0.717, 1.165) is 12.1 Å². The molecule has 1 aliphatic heterocycles. The maximum Gasteiger partial charge on any atom is 0.416 e. The van der Waals surface area contributed by atoms with Gasteiger partial charge in [0.15, 0.2) is 0 Å². The molecule has 1 saturated heterocycles. The molecule has 0 unspecified atom stereocenters. The number of alkyl halides is 3. The van der Waals surface area contributed by atoms with Gasteiger partial charge < -0.3 is 10.1 Å². The normalized spacial score (nSPS) is 16.6. The highest BCUT2D eigenvalue weighted by molar-refractivity contribution is 5.88. The lowest BCUT2D eigenvalue weighted by Gasteiger charge is -2.36. The number of carbonyl (C=O) groups excluding carboxylic acids is 1. The molecule has 0 radical (unpaired) electrons. The number of benzene rings is 2. The molecule has 1 N–H and O–H groups in total. The van der Waals surface area contributed by atoms with Crippen LogP contribution in [0.3, 0.4) is 0 Å². The molecular weight excluding hydrogens is 381 g/mol. The summed E-state index contributed by atoms with van der Waals surface area (Å²) in [5.41, 5.74) is -2.04. The first-order chi connectivity index (χ1) is 13.2. The van der Waals surface area contributed by atoms with Gasteiger partial charge in [-0.3, -0.25) is 4.79 Å². The molecule has 2 aromatic rings. The van der Waals surface area contributed by atoms with Gasteiger partial charge in [0.05, 0.1) is 11.0 Å². The van der Waals surface area contributed by atoms with Crippen molar-refractivity contribution < 1.29 is 31.5 Å². The Morgan fingerprint density at radius 1 is 1.04 bits per heavy atom. The maximum absolute atomic E-state index is 13.7. The molecular formula is C20H18F5NO2. The first kappa shape index (κ1) is 20.3. The average molecular weight is 399 g/mol. The Morgan fingerprint density at radius 2 is 1.71 bits per heavy atom. The van der Waals surface area contributed by atoms with E-state index >= 15 is 0 Å². The van der Waals surface area contributed by atoms with Crippen LogP contribution < -0.4 is 5.32 Å². The van der Waals surface area contributed by atoms with Gasteiger partial charge >= 0.3 is 6.18 Å². The van der Waals surface area contributed by atoms with Crippen LogP contribution in [0.15, 0.2) is 42.5 Å². The van der Waals surface area contributed by atoms with Gasteiger partial charge in [-0.2, -0.15) is 13.2 Å². The highest BCUT2D eigenvalue weighted by Gasteiger charge is 2.42. The predicted molar refractivity (Wildman–Crippen MR) is 91.4 cm³/mol. The van der Waals surface area contributed by atoms with Crippen LogP contribution in [0.25, 0.3) is 0 Å². The standard InChI is InChI=1S/C20H18F5NO2/c21-15-3-1-2-14(10-15)19(6-8-28-9-7-19)18(27)26-12-13-4-5-16(22)11-17(13)20(23,24)25/h1-5,10-11H,6-9,12H2,(H,26,27). The summed E-state index contributed by atoms with van der Waals surface area (Å²) in [4.78, 5) is 13.0. The number of nitrogens with one attached hydrogen (secondary N) is 1. The van der Waals surface area contributed by atoms with Gasteiger partial charge in [-0.15, -0.1) is 0 Å². The Kier molecular flexibility index (Phi) is 5.69. The van der Waals surface area contributed by atoms with E-state index in [0.29, 0.717) is 11.6 Å². The maximum atomic E-state index is 13.7. The van der Waals surface area contributed by atoms with E-state index in [1.807, 2.05) is 0 Å². The Bertz CT molecular complexity index is 860. The fraction of sp³-hybridized carbons (Fsp3) is 0.350. The molecule has 0 atom stereocenters. The summed E-state index contributed by atoms with van der Waals surface area (Å²) in [6.07, 6.45) is -4.20. The van der Waals surface area contributed by atoms with Crippen LogP contribution in [0.4, 0.5) is 22.0 Å². The summed E-state index contributed by atoms with van der Waals surface area (Å²) >= 11 is 0. The van der Waals surface area contributed by atoms with Crippen LogP contribution in [0, 0.1) is 11.6 Å². The summed E-state index contributed by atoms with van der Waals surface area (Å²) in [5.74, 6) is -2.03. The number of amides is 1. The molecule has 2 aromatic carbocycles.